The zero-order valence-corrected chi connectivity index (χ0v) is 14.0. The Morgan fingerprint density at radius 3 is 2.60 bits per heavy atom. The standard InChI is InChI=1S/C16H17N5O4/c1-10-8-13(21(2)20-10)15-18-19-16(25-15)17-14(22)9-24-12-6-4-11(23-3)5-7-12/h4-8H,9H2,1-3H3,(H,17,19,22). The maximum absolute atomic E-state index is 11.9. The van der Waals surface area contributed by atoms with Crippen molar-refractivity contribution in [1.82, 2.24) is 20.0 Å². The molecule has 9 heteroatoms. The highest BCUT2D eigenvalue weighted by Crippen LogP contribution is 2.20. The van der Waals surface area contributed by atoms with Gasteiger partial charge in [-0.15, -0.1) is 5.10 Å². The zero-order chi connectivity index (χ0) is 17.8. The second-order valence-corrected chi connectivity index (χ2v) is 5.22. The van der Waals surface area contributed by atoms with Crippen LogP contribution in [0.4, 0.5) is 6.01 Å². The Morgan fingerprint density at radius 2 is 1.96 bits per heavy atom. The summed E-state index contributed by atoms with van der Waals surface area (Å²) in [6, 6.07) is 8.72. The van der Waals surface area contributed by atoms with E-state index in [1.807, 2.05) is 13.0 Å². The first-order chi connectivity index (χ1) is 12.0. The van der Waals surface area contributed by atoms with Gasteiger partial charge >= 0.3 is 6.01 Å². The Morgan fingerprint density at radius 1 is 1.24 bits per heavy atom. The van der Waals surface area contributed by atoms with E-state index < -0.39 is 5.91 Å². The van der Waals surface area contributed by atoms with Crippen LogP contribution in [0.15, 0.2) is 34.7 Å². The van der Waals surface area contributed by atoms with E-state index in [-0.39, 0.29) is 18.5 Å². The number of hydrogen-bond donors (Lipinski definition) is 1. The molecule has 3 rings (SSSR count). The summed E-state index contributed by atoms with van der Waals surface area (Å²) in [6.45, 7) is 1.67. The Bertz CT molecular complexity index is 869. The fourth-order valence-electron chi connectivity index (χ4n) is 2.16. The summed E-state index contributed by atoms with van der Waals surface area (Å²) in [7, 11) is 3.35. The van der Waals surface area contributed by atoms with Crippen LogP contribution < -0.4 is 14.8 Å². The van der Waals surface area contributed by atoms with E-state index in [9.17, 15) is 4.79 Å². The fourth-order valence-corrected chi connectivity index (χ4v) is 2.16. The monoisotopic (exact) mass is 343 g/mol. The van der Waals surface area contributed by atoms with E-state index in [1.165, 1.54) is 0 Å². The quantitative estimate of drug-likeness (QED) is 0.727. The van der Waals surface area contributed by atoms with Crippen molar-refractivity contribution in [2.24, 2.45) is 7.05 Å². The molecule has 0 aliphatic rings. The maximum Gasteiger partial charge on any atom is 0.322 e. The topological polar surface area (TPSA) is 104 Å². The van der Waals surface area contributed by atoms with Crippen LogP contribution in [0.5, 0.6) is 11.5 Å². The van der Waals surface area contributed by atoms with Crippen molar-refractivity contribution >= 4 is 11.9 Å². The first-order valence-electron chi connectivity index (χ1n) is 7.46. The molecule has 1 aromatic carbocycles. The van der Waals surface area contributed by atoms with Gasteiger partial charge in [0.05, 0.1) is 12.8 Å². The number of ether oxygens (including phenoxy) is 2. The lowest BCUT2D eigenvalue weighted by Crippen LogP contribution is -2.20. The van der Waals surface area contributed by atoms with Crippen LogP contribution in [0.25, 0.3) is 11.6 Å². The smallest absolute Gasteiger partial charge is 0.322 e. The summed E-state index contributed by atoms with van der Waals surface area (Å²) >= 11 is 0. The average Bonchev–Trinajstić information content (AvgIpc) is 3.19. The molecule has 0 saturated carbocycles. The third-order valence-corrected chi connectivity index (χ3v) is 3.32. The van der Waals surface area contributed by atoms with Crippen LogP contribution in [-0.2, 0) is 11.8 Å². The molecule has 0 atom stereocenters. The van der Waals surface area contributed by atoms with Gasteiger partial charge in [-0.1, -0.05) is 5.10 Å². The molecule has 2 aromatic heterocycles. The number of nitrogens with zero attached hydrogens (tertiary/aromatic N) is 4. The van der Waals surface area contributed by atoms with Crippen LogP contribution >= 0.6 is 0 Å². The summed E-state index contributed by atoms with van der Waals surface area (Å²) in [5.41, 5.74) is 1.49. The number of aromatic nitrogens is 4. The summed E-state index contributed by atoms with van der Waals surface area (Å²) in [5.74, 6) is 1.12. The van der Waals surface area contributed by atoms with Crippen molar-refractivity contribution in [2.75, 3.05) is 19.0 Å². The molecule has 0 unspecified atom stereocenters. The molecule has 0 bridgehead atoms. The van der Waals surface area contributed by atoms with Gasteiger partial charge in [0.25, 0.3) is 11.8 Å². The average molecular weight is 343 g/mol. The second kappa shape index (κ2) is 7.04. The highest BCUT2D eigenvalue weighted by atomic mass is 16.5. The number of rotatable bonds is 6. The third-order valence-electron chi connectivity index (χ3n) is 3.32. The van der Waals surface area contributed by atoms with Crippen molar-refractivity contribution in [2.45, 2.75) is 6.92 Å². The first kappa shape index (κ1) is 16.5. The van der Waals surface area contributed by atoms with Gasteiger partial charge in [0.15, 0.2) is 6.61 Å². The number of anilines is 1. The van der Waals surface area contributed by atoms with E-state index in [1.54, 1.807) is 43.1 Å². The van der Waals surface area contributed by atoms with Gasteiger partial charge in [0.1, 0.15) is 17.2 Å². The van der Waals surface area contributed by atoms with Gasteiger partial charge in [-0.25, -0.2) is 0 Å². The zero-order valence-electron chi connectivity index (χ0n) is 14.0. The van der Waals surface area contributed by atoms with Crippen molar-refractivity contribution in [3.8, 4) is 23.1 Å². The molecule has 0 saturated heterocycles. The van der Waals surface area contributed by atoms with Gasteiger partial charge < -0.3 is 13.9 Å². The molecule has 0 spiro atoms. The highest BCUT2D eigenvalue weighted by molar-refractivity contribution is 5.89. The van der Waals surface area contributed by atoms with Crippen molar-refractivity contribution < 1.29 is 18.7 Å². The normalized spacial score (nSPS) is 10.5. The lowest BCUT2D eigenvalue weighted by atomic mass is 10.3. The van der Waals surface area contributed by atoms with E-state index >= 15 is 0 Å². The number of carbonyl (C=O) groups is 1. The fraction of sp³-hybridized carbons (Fsp3) is 0.250. The van der Waals surface area contributed by atoms with Gasteiger partial charge in [-0.05, 0) is 37.3 Å². The van der Waals surface area contributed by atoms with E-state index in [2.05, 4.69) is 20.6 Å². The number of aryl methyl sites for hydroxylation is 2. The van der Waals surface area contributed by atoms with Crippen LogP contribution in [-0.4, -0.2) is 39.6 Å². The number of methoxy groups -OCH3 is 1. The number of nitrogens with one attached hydrogen (secondary N) is 1. The number of amides is 1. The number of carbonyl (C=O) groups excluding carboxylic acids is 1. The van der Waals surface area contributed by atoms with E-state index in [4.69, 9.17) is 13.9 Å². The molecule has 0 radical (unpaired) electrons. The molecular weight excluding hydrogens is 326 g/mol. The molecule has 3 aromatic rings. The minimum absolute atomic E-state index is 0.00261. The largest absolute Gasteiger partial charge is 0.497 e. The van der Waals surface area contributed by atoms with Crippen LogP contribution in [0.3, 0.4) is 0 Å². The van der Waals surface area contributed by atoms with Gasteiger partial charge in [0, 0.05) is 7.05 Å². The molecule has 2 heterocycles. The third kappa shape index (κ3) is 3.94. The summed E-state index contributed by atoms with van der Waals surface area (Å²) < 4.78 is 17.5. The SMILES string of the molecule is COc1ccc(OCC(=O)Nc2nnc(-c3cc(C)nn3C)o2)cc1. The molecule has 130 valence electrons. The predicted octanol–water partition coefficient (Wildman–Crippen LogP) is 1.80. The number of benzene rings is 1. The summed E-state index contributed by atoms with van der Waals surface area (Å²) in [5, 5.41) is 14.4. The van der Waals surface area contributed by atoms with Crippen molar-refractivity contribution in [3.05, 3.63) is 36.0 Å². The summed E-state index contributed by atoms with van der Waals surface area (Å²) in [6.07, 6.45) is 0. The maximum atomic E-state index is 11.9. The Balaban J connectivity index is 1.57. The summed E-state index contributed by atoms with van der Waals surface area (Å²) in [4.78, 5) is 11.9. The van der Waals surface area contributed by atoms with E-state index in [0.29, 0.717) is 17.2 Å². The number of hydrogen-bond acceptors (Lipinski definition) is 7. The predicted molar refractivity (Wildman–Crippen MR) is 88.4 cm³/mol. The Labute approximate surface area is 143 Å². The molecule has 1 N–H and O–H groups in total. The minimum Gasteiger partial charge on any atom is -0.497 e. The molecular formula is C16H17N5O4. The minimum atomic E-state index is -0.410. The molecule has 0 fully saturated rings. The molecule has 1 amide bonds. The van der Waals surface area contributed by atoms with Gasteiger partial charge in [-0.3, -0.25) is 14.8 Å². The molecule has 0 aliphatic carbocycles. The van der Waals surface area contributed by atoms with Crippen molar-refractivity contribution in [1.29, 1.82) is 0 Å². The second-order valence-electron chi connectivity index (χ2n) is 5.22. The van der Waals surface area contributed by atoms with E-state index in [0.717, 1.165) is 5.69 Å². The van der Waals surface area contributed by atoms with Gasteiger partial charge in [-0.2, -0.15) is 5.10 Å². The molecule has 0 aliphatic heterocycles. The lowest BCUT2D eigenvalue weighted by Gasteiger charge is -2.06. The molecule has 25 heavy (non-hydrogen) atoms. The first-order valence-corrected chi connectivity index (χ1v) is 7.46. The highest BCUT2D eigenvalue weighted by Gasteiger charge is 2.15. The van der Waals surface area contributed by atoms with Crippen LogP contribution in [0, 0.1) is 6.92 Å². The van der Waals surface area contributed by atoms with Crippen molar-refractivity contribution in [3.63, 3.8) is 0 Å². The molecule has 9 nitrogen and oxygen atoms in total. The van der Waals surface area contributed by atoms with Gasteiger partial charge in [0.2, 0.25) is 0 Å². The van der Waals surface area contributed by atoms with Crippen LogP contribution in [0.2, 0.25) is 0 Å². The van der Waals surface area contributed by atoms with Crippen LogP contribution in [0.1, 0.15) is 5.69 Å². The lowest BCUT2D eigenvalue weighted by molar-refractivity contribution is -0.118. The Kier molecular flexibility index (Phi) is 4.64. The Hall–Kier alpha value is -3.36.